The zero-order valence-corrected chi connectivity index (χ0v) is 11.1. The Kier molecular flexibility index (Phi) is 7.87. The van der Waals surface area contributed by atoms with Crippen molar-refractivity contribution >= 4 is 0 Å². The molecule has 2 nitrogen and oxygen atoms in total. The molecule has 0 aliphatic carbocycles. The first-order valence-electron chi connectivity index (χ1n) is 7.29. The Balaban J connectivity index is 1.84. The molecular formula is C14H30N2. The largest absolute Gasteiger partial charge is 0.330 e. The first-order chi connectivity index (χ1) is 7.86. The quantitative estimate of drug-likeness (QED) is 0.612. The molecule has 1 fully saturated rings. The van der Waals surface area contributed by atoms with E-state index < -0.39 is 0 Å². The van der Waals surface area contributed by atoms with E-state index in [0.29, 0.717) is 0 Å². The molecule has 0 amide bonds. The second-order valence-electron chi connectivity index (χ2n) is 5.31. The minimum atomic E-state index is 0.782. The van der Waals surface area contributed by atoms with Crippen molar-refractivity contribution in [2.24, 2.45) is 11.7 Å². The predicted octanol–water partition coefficient (Wildman–Crippen LogP) is 3.02. The fourth-order valence-corrected chi connectivity index (χ4v) is 2.60. The van der Waals surface area contributed by atoms with Crippen LogP contribution in [0.3, 0.4) is 0 Å². The van der Waals surface area contributed by atoms with E-state index in [0.717, 1.165) is 12.5 Å². The molecule has 0 saturated carbocycles. The van der Waals surface area contributed by atoms with Crippen LogP contribution in [0.1, 0.15) is 58.3 Å². The number of nitrogens with zero attached hydrogens (tertiary/aromatic N) is 1. The van der Waals surface area contributed by atoms with E-state index in [2.05, 4.69) is 11.8 Å². The van der Waals surface area contributed by atoms with E-state index >= 15 is 0 Å². The average Bonchev–Trinajstić information content (AvgIpc) is 2.76. The molecule has 1 aliphatic rings. The topological polar surface area (TPSA) is 29.3 Å². The van der Waals surface area contributed by atoms with Gasteiger partial charge in [-0.3, -0.25) is 0 Å². The summed E-state index contributed by atoms with van der Waals surface area (Å²) in [6, 6.07) is 0. The number of unbranched alkanes of at least 4 members (excludes halogenated alkanes) is 6. The molecule has 1 atom stereocenters. The van der Waals surface area contributed by atoms with Gasteiger partial charge in [-0.05, 0) is 38.4 Å². The summed E-state index contributed by atoms with van der Waals surface area (Å²) in [5, 5.41) is 0. The average molecular weight is 226 g/mol. The van der Waals surface area contributed by atoms with Crippen molar-refractivity contribution in [1.29, 1.82) is 0 Å². The molecule has 1 aliphatic heterocycles. The summed E-state index contributed by atoms with van der Waals surface area (Å²) in [5.74, 6) is 0.782. The lowest BCUT2D eigenvalue weighted by Crippen LogP contribution is -2.24. The SMILES string of the molecule is CCCCCCCCCN1CCC(CN)C1. The van der Waals surface area contributed by atoms with E-state index in [4.69, 9.17) is 5.73 Å². The summed E-state index contributed by atoms with van der Waals surface area (Å²) in [4.78, 5) is 2.60. The standard InChI is InChI=1S/C14H30N2/c1-2-3-4-5-6-7-8-10-16-11-9-14(12-15)13-16/h14H,2-13,15H2,1H3. The highest BCUT2D eigenvalue weighted by Crippen LogP contribution is 2.15. The highest BCUT2D eigenvalue weighted by molar-refractivity contribution is 4.75. The lowest BCUT2D eigenvalue weighted by atomic mass is 10.1. The van der Waals surface area contributed by atoms with E-state index in [1.54, 1.807) is 0 Å². The maximum absolute atomic E-state index is 5.69. The fraction of sp³-hybridized carbons (Fsp3) is 1.00. The third kappa shape index (κ3) is 5.86. The van der Waals surface area contributed by atoms with Crippen LogP contribution < -0.4 is 5.73 Å². The summed E-state index contributed by atoms with van der Waals surface area (Å²) in [6.45, 7) is 7.02. The summed E-state index contributed by atoms with van der Waals surface area (Å²) >= 11 is 0. The van der Waals surface area contributed by atoms with E-state index in [-0.39, 0.29) is 0 Å². The minimum absolute atomic E-state index is 0.782. The molecule has 1 rings (SSSR count). The van der Waals surface area contributed by atoms with Crippen molar-refractivity contribution in [3.05, 3.63) is 0 Å². The zero-order chi connectivity index (χ0) is 11.6. The predicted molar refractivity (Wildman–Crippen MR) is 71.6 cm³/mol. The van der Waals surface area contributed by atoms with Crippen LogP contribution in [-0.2, 0) is 0 Å². The lowest BCUT2D eigenvalue weighted by molar-refractivity contribution is 0.315. The highest BCUT2D eigenvalue weighted by Gasteiger charge is 2.19. The van der Waals surface area contributed by atoms with Crippen LogP contribution >= 0.6 is 0 Å². The van der Waals surface area contributed by atoms with E-state index in [9.17, 15) is 0 Å². The van der Waals surface area contributed by atoms with Gasteiger partial charge in [0.1, 0.15) is 0 Å². The number of likely N-dealkylation sites (tertiary alicyclic amines) is 1. The maximum atomic E-state index is 5.69. The Labute approximate surface area is 102 Å². The molecule has 96 valence electrons. The summed E-state index contributed by atoms with van der Waals surface area (Å²) in [7, 11) is 0. The smallest absolute Gasteiger partial charge is 0.00222 e. The van der Waals surface area contributed by atoms with Gasteiger partial charge in [0.05, 0.1) is 0 Å². The van der Waals surface area contributed by atoms with Gasteiger partial charge in [0, 0.05) is 6.54 Å². The Bertz CT molecular complexity index is 159. The first kappa shape index (κ1) is 14.0. The van der Waals surface area contributed by atoms with Crippen molar-refractivity contribution in [1.82, 2.24) is 4.90 Å². The van der Waals surface area contributed by atoms with Gasteiger partial charge >= 0.3 is 0 Å². The molecule has 1 unspecified atom stereocenters. The third-order valence-electron chi connectivity index (χ3n) is 3.78. The molecule has 0 bridgehead atoms. The van der Waals surface area contributed by atoms with Crippen LogP contribution in [0.25, 0.3) is 0 Å². The molecule has 2 heteroatoms. The van der Waals surface area contributed by atoms with Crippen LogP contribution in [0.4, 0.5) is 0 Å². The molecule has 0 aromatic rings. The Hall–Kier alpha value is -0.0800. The summed E-state index contributed by atoms with van der Waals surface area (Å²) in [5.41, 5.74) is 5.69. The molecule has 1 saturated heterocycles. The van der Waals surface area contributed by atoms with Gasteiger partial charge in [-0.25, -0.2) is 0 Å². The lowest BCUT2D eigenvalue weighted by Gasteiger charge is -2.15. The Morgan fingerprint density at radius 2 is 1.75 bits per heavy atom. The molecule has 0 aromatic heterocycles. The Morgan fingerprint density at radius 1 is 1.06 bits per heavy atom. The zero-order valence-electron chi connectivity index (χ0n) is 11.1. The van der Waals surface area contributed by atoms with Crippen LogP contribution in [0, 0.1) is 5.92 Å². The van der Waals surface area contributed by atoms with Crippen LogP contribution in [0.2, 0.25) is 0 Å². The van der Waals surface area contributed by atoms with Crippen molar-refractivity contribution in [3.63, 3.8) is 0 Å². The van der Waals surface area contributed by atoms with E-state index in [1.165, 1.54) is 71.0 Å². The van der Waals surface area contributed by atoms with Crippen molar-refractivity contribution in [2.75, 3.05) is 26.2 Å². The first-order valence-corrected chi connectivity index (χ1v) is 7.29. The molecule has 1 heterocycles. The van der Waals surface area contributed by atoms with Crippen molar-refractivity contribution in [2.45, 2.75) is 58.3 Å². The molecule has 16 heavy (non-hydrogen) atoms. The normalized spacial score (nSPS) is 21.8. The number of nitrogens with two attached hydrogens (primary N) is 1. The number of hydrogen-bond acceptors (Lipinski definition) is 2. The molecule has 0 spiro atoms. The molecule has 0 aromatic carbocycles. The third-order valence-corrected chi connectivity index (χ3v) is 3.78. The number of hydrogen-bond donors (Lipinski definition) is 1. The second kappa shape index (κ2) is 9.00. The van der Waals surface area contributed by atoms with Gasteiger partial charge < -0.3 is 10.6 Å². The monoisotopic (exact) mass is 226 g/mol. The minimum Gasteiger partial charge on any atom is -0.330 e. The molecule has 0 radical (unpaired) electrons. The Morgan fingerprint density at radius 3 is 2.38 bits per heavy atom. The van der Waals surface area contributed by atoms with Gasteiger partial charge in [-0.15, -0.1) is 0 Å². The number of rotatable bonds is 9. The maximum Gasteiger partial charge on any atom is 0.00222 e. The highest BCUT2D eigenvalue weighted by atomic mass is 15.1. The van der Waals surface area contributed by atoms with Crippen molar-refractivity contribution < 1.29 is 0 Å². The van der Waals surface area contributed by atoms with Crippen molar-refractivity contribution in [3.8, 4) is 0 Å². The fourth-order valence-electron chi connectivity index (χ4n) is 2.60. The van der Waals surface area contributed by atoms with Gasteiger partial charge in [0.2, 0.25) is 0 Å². The summed E-state index contributed by atoms with van der Waals surface area (Å²) in [6.07, 6.45) is 11.2. The van der Waals surface area contributed by atoms with Crippen LogP contribution in [0.5, 0.6) is 0 Å². The molecular weight excluding hydrogens is 196 g/mol. The van der Waals surface area contributed by atoms with Gasteiger partial charge in [-0.2, -0.15) is 0 Å². The van der Waals surface area contributed by atoms with Gasteiger partial charge in [0.25, 0.3) is 0 Å². The summed E-state index contributed by atoms with van der Waals surface area (Å²) < 4.78 is 0. The van der Waals surface area contributed by atoms with Gasteiger partial charge in [-0.1, -0.05) is 45.4 Å². The van der Waals surface area contributed by atoms with Crippen LogP contribution in [-0.4, -0.2) is 31.1 Å². The van der Waals surface area contributed by atoms with Crippen LogP contribution in [0.15, 0.2) is 0 Å². The molecule has 2 N–H and O–H groups in total. The van der Waals surface area contributed by atoms with E-state index in [1.807, 2.05) is 0 Å². The second-order valence-corrected chi connectivity index (χ2v) is 5.31. The van der Waals surface area contributed by atoms with Gasteiger partial charge in [0.15, 0.2) is 0 Å².